The summed E-state index contributed by atoms with van der Waals surface area (Å²) in [7, 11) is 0. The molecule has 1 aliphatic carbocycles. The van der Waals surface area contributed by atoms with Crippen molar-refractivity contribution in [2.75, 3.05) is 13.2 Å². The van der Waals surface area contributed by atoms with Gasteiger partial charge in [-0.05, 0) is 63.2 Å². The Hall–Kier alpha value is -1.36. The summed E-state index contributed by atoms with van der Waals surface area (Å²) in [6, 6.07) is 0. The van der Waals surface area contributed by atoms with E-state index in [1.54, 1.807) is 0 Å². The molecule has 1 rings (SSSR count). The highest BCUT2D eigenvalue weighted by molar-refractivity contribution is 5.78. The second-order valence-corrected chi connectivity index (χ2v) is 10.4. The van der Waals surface area contributed by atoms with Gasteiger partial charge in [0.25, 0.3) is 0 Å². The average molecular weight is 529 g/mol. The second-order valence-electron chi connectivity index (χ2n) is 10.4. The third kappa shape index (κ3) is 17.0. The summed E-state index contributed by atoms with van der Waals surface area (Å²) >= 11 is 0. The number of unbranched alkanes of at least 4 members (excludes halogenated alkanes) is 8. The molecule has 37 heavy (non-hydrogen) atoms. The zero-order chi connectivity index (χ0) is 27.3. The predicted octanol–water partition coefficient (Wildman–Crippen LogP) is 4.86. The summed E-state index contributed by atoms with van der Waals surface area (Å²) in [6.45, 7) is 3.05. The maximum absolute atomic E-state index is 12.3. The third-order valence-corrected chi connectivity index (χ3v) is 7.29. The van der Waals surface area contributed by atoms with Crippen LogP contribution in [0, 0.1) is 11.8 Å². The molecular weight excluding hydrogens is 476 g/mol. The quantitative estimate of drug-likeness (QED) is 0.0720. The van der Waals surface area contributed by atoms with Crippen LogP contribution in [-0.2, 0) is 14.4 Å². The standard InChI is InChI=1S/C28H52N2O7/c1-2-3-4-5-10-15-23(31)18-19-25-24(26(32)22-27(25)33)16-11-6-7-12-17-28(34)29-20-13-8-9-14-21-37-30(35)36/h6,11,24-27,32-33,35-36H,2-5,7-10,12-22H2,1H3,(H,29,34)/b11-6-/t24-,25-,26+,27-/m1/s1. The Morgan fingerprint density at radius 1 is 0.865 bits per heavy atom. The van der Waals surface area contributed by atoms with Crippen molar-refractivity contribution in [2.24, 2.45) is 11.8 Å². The highest BCUT2D eigenvalue weighted by Gasteiger charge is 2.40. The smallest absolute Gasteiger partial charge is 0.220 e. The molecule has 0 spiro atoms. The first-order valence-electron chi connectivity index (χ1n) is 14.5. The van der Waals surface area contributed by atoms with Crippen LogP contribution in [0.3, 0.4) is 0 Å². The number of nitrogens with zero attached hydrogens (tertiary/aromatic N) is 1. The maximum atomic E-state index is 12.3. The SMILES string of the molecule is CCCCCCCC(=O)CC[C@@H]1[C@@H](C/C=C\CCCC(=O)NCCCCCCON(O)O)[C@@H](O)C[C@H]1O. The largest absolute Gasteiger partial charge is 0.393 e. The number of aliphatic hydroxyl groups is 2. The van der Waals surface area contributed by atoms with E-state index in [1.807, 2.05) is 12.2 Å². The number of allylic oxidation sites excluding steroid dienone is 2. The van der Waals surface area contributed by atoms with Crippen LogP contribution in [0.1, 0.15) is 116 Å². The molecule has 0 bridgehead atoms. The van der Waals surface area contributed by atoms with Gasteiger partial charge in [0, 0.05) is 25.8 Å². The van der Waals surface area contributed by atoms with Crippen molar-refractivity contribution in [3.8, 4) is 0 Å². The first-order chi connectivity index (χ1) is 17.8. The van der Waals surface area contributed by atoms with Gasteiger partial charge in [-0.1, -0.05) is 57.6 Å². The van der Waals surface area contributed by atoms with Crippen molar-refractivity contribution in [3.05, 3.63) is 12.2 Å². The molecule has 0 saturated heterocycles. The molecule has 9 heteroatoms. The average Bonchev–Trinajstić information content (AvgIpc) is 3.12. The van der Waals surface area contributed by atoms with Crippen LogP contribution < -0.4 is 5.32 Å². The van der Waals surface area contributed by atoms with Gasteiger partial charge >= 0.3 is 0 Å². The number of nitrogens with one attached hydrogen (secondary N) is 1. The number of Topliss-reactive ketones (excluding diaryl/α,β-unsaturated/α-hetero) is 1. The fourth-order valence-electron chi connectivity index (χ4n) is 5.08. The van der Waals surface area contributed by atoms with E-state index in [2.05, 4.69) is 17.1 Å². The molecule has 1 amide bonds. The van der Waals surface area contributed by atoms with E-state index in [1.165, 1.54) is 19.3 Å². The number of rotatable bonds is 23. The fourth-order valence-corrected chi connectivity index (χ4v) is 5.08. The summed E-state index contributed by atoms with van der Waals surface area (Å²) in [5.74, 6) is 0.243. The van der Waals surface area contributed by atoms with Crippen LogP contribution in [0.4, 0.5) is 0 Å². The molecule has 0 aromatic heterocycles. The van der Waals surface area contributed by atoms with Crippen molar-refractivity contribution in [3.63, 3.8) is 0 Å². The molecule has 1 saturated carbocycles. The topological polar surface area (TPSA) is 140 Å². The molecule has 0 aromatic rings. The Kier molecular flexibility index (Phi) is 19.6. The molecule has 0 radical (unpaired) electrons. The van der Waals surface area contributed by atoms with Crippen molar-refractivity contribution in [1.82, 2.24) is 10.7 Å². The van der Waals surface area contributed by atoms with Crippen LogP contribution in [0.2, 0.25) is 0 Å². The van der Waals surface area contributed by atoms with E-state index < -0.39 is 12.2 Å². The molecule has 0 heterocycles. The van der Waals surface area contributed by atoms with Gasteiger partial charge in [0.15, 0.2) is 0 Å². The Morgan fingerprint density at radius 3 is 2.32 bits per heavy atom. The van der Waals surface area contributed by atoms with Crippen LogP contribution >= 0.6 is 0 Å². The molecule has 0 aromatic carbocycles. The second kappa shape index (κ2) is 21.6. The van der Waals surface area contributed by atoms with Crippen LogP contribution in [0.5, 0.6) is 0 Å². The van der Waals surface area contributed by atoms with Crippen LogP contribution in [-0.4, -0.2) is 63.1 Å². The number of hydrogen-bond acceptors (Lipinski definition) is 8. The van der Waals surface area contributed by atoms with E-state index in [9.17, 15) is 19.8 Å². The van der Waals surface area contributed by atoms with Gasteiger partial charge in [0.2, 0.25) is 5.91 Å². The van der Waals surface area contributed by atoms with E-state index in [4.69, 9.17) is 10.4 Å². The number of carbonyl (C=O) groups excluding carboxylic acids is 2. The van der Waals surface area contributed by atoms with Gasteiger partial charge < -0.3 is 15.5 Å². The minimum atomic E-state index is -0.547. The van der Waals surface area contributed by atoms with Gasteiger partial charge in [-0.25, -0.2) is 0 Å². The van der Waals surface area contributed by atoms with Crippen molar-refractivity contribution < 1.29 is 35.1 Å². The minimum Gasteiger partial charge on any atom is -0.393 e. The van der Waals surface area contributed by atoms with Gasteiger partial charge in [0.1, 0.15) is 5.78 Å². The lowest BCUT2D eigenvalue weighted by Gasteiger charge is -2.22. The Balaban J connectivity index is 2.14. The number of aliphatic hydroxyl groups excluding tert-OH is 2. The molecule has 5 N–H and O–H groups in total. The maximum Gasteiger partial charge on any atom is 0.220 e. The number of amides is 1. The Bertz CT molecular complexity index is 630. The van der Waals surface area contributed by atoms with E-state index in [0.717, 1.165) is 44.9 Å². The molecule has 1 aliphatic rings. The summed E-state index contributed by atoms with van der Waals surface area (Å²) in [4.78, 5) is 28.7. The third-order valence-electron chi connectivity index (χ3n) is 7.29. The fraction of sp³-hybridized carbons (Fsp3) is 0.857. The monoisotopic (exact) mass is 528 g/mol. The molecule has 0 aliphatic heterocycles. The number of ketones is 1. The minimum absolute atomic E-state index is 0.0234. The number of hydrogen-bond donors (Lipinski definition) is 5. The zero-order valence-corrected chi connectivity index (χ0v) is 22.9. The summed E-state index contributed by atoms with van der Waals surface area (Å²) in [5, 5.41) is 40.3. The summed E-state index contributed by atoms with van der Waals surface area (Å²) < 4.78 is 0. The van der Waals surface area contributed by atoms with Crippen molar-refractivity contribution >= 4 is 11.7 Å². The highest BCUT2D eigenvalue weighted by Crippen LogP contribution is 2.38. The van der Waals surface area contributed by atoms with E-state index in [-0.39, 0.29) is 35.5 Å². The molecule has 1 fully saturated rings. The first-order valence-corrected chi connectivity index (χ1v) is 14.5. The molecular formula is C28H52N2O7. The lowest BCUT2D eigenvalue weighted by Crippen LogP contribution is -2.24. The normalized spacial score (nSPS) is 21.8. The van der Waals surface area contributed by atoms with Gasteiger partial charge in [-0.2, -0.15) is 0 Å². The van der Waals surface area contributed by atoms with E-state index in [0.29, 0.717) is 51.5 Å². The van der Waals surface area contributed by atoms with Crippen LogP contribution in [0.25, 0.3) is 0 Å². The molecule has 4 atom stereocenters. The molecule has 9 nitrogen and oxygen atoms in total. The van der Waals surface area contributed by atoms with Gasteiger partial charge in [-0.15, -0.1) is 0 Å². The first kappa shape index (κ1) is 33.7. The Labute approximate surface area is 223 Å². The lowest BCUT2D eigenvalue weighted by atomic mass is 9.86. The van der Waals surface area contributed by atoms with Gasteiger partial charge in [-0.3, -0.25) is 24.8 Å². The predicted molar refractivity (Wildman–Crippen MR) is 142 cm³/mol. The molecule has 0 unspecified atom stereocenters. The number of carbonyl (C=O) groups is 2. The molecule has 216 valence electrons. The zero-order valence-electron chi connectivity index (χ0n) is 22.9. The van der Waals surface area contributed by atoms with Gasteiger partial charge in [0.05, 0.1) is 24.2 Å². The summed E-state index contributed by atoms with van der Waals surface area (Å²) in [5.41, 5.74) is 0. The van der Waals surface area contributed by atoms with Crippen molar-refractivity contribution in [2.45, 2.75) is 128 Å². The Morgan fingerprint density at radius 2 is 1.57 bits per heavy atom. The van der Waals surface area contributed by atoms with E-state index >= 15 is 0 Å². The van der Waals surface area contributed by atoms with Crippen molar-refractivity contribution in [1.29, 1.82) is 0 Å². The van der Waals surface area contributed by atoms with Crippen LogP contribution in [0.15, 0.2) is 12.2 Å². The lowest BCUT2D eigenvalue weighted by molar-refractivity contribution is -0.492. The highest BCUT2D eigenvalue weighted by atomic mass is 17.1. The summed E-state index contributed by atoms with van der Waals surface area (Å²) in [6.07, 6.45) is 16.9.